The minimum atomic E-state index is -0.417. The summed E-state index contributed by atoms with van der Waals surface area (Å²) in [6.45, 7) is 1.80. The number of anilines is 1. The lowest BCUT2D eigenvalue weighted by molar-refractivity contribution is 0.0600. The molecule has 0 atom stereocenters. The van der Waals surface area contributed by atoms with E-state index in [-0.39, 0.29) is 0 Å². The maximum absolute atomic E-state index is 11.6. The number of carbonyl (C=O) groups is 1. The number of aryl methyl sites for hydroxylation is 1. The fourth-order valence-electron chi connectivity index (χ4n) is 1.76. The van der Waals surface area contributed by atoms with Gasteiger partial charge in [0.15, 0.2) is 0 Å². The molecule has 1 heterocycles. The number of hydrogen-bond donors (Lipinski definition) is 2. The molecule has 0 aliphatic rings. The quantitative estimate of drug-likeness (QED) is 0.484. The Morgan fingerprint density at radius 1 is 1.26 bits per heavy atom. The number of fused-ring (bicyclic) bond motifs is 1. The Bertz CT molecular complexity index is 642. The molecule has 0 spiro atoms. The van der Waals surface area contributed by atoms with Crippen LogP contribution >= 0.6 is 0 Å². The summed E-state index contributed by atoms with van der Waals surface area (Å²) < 4.78 is 9.79. The Balaban J connectivity index is 2.68. The van der Waals surface area contributed by atoms with Crippen LogP contribution in [-0.4, -0.2) is 30.2 Å². The van der Waals surface area contributed by atoms with Crippen molar-refractivity contribution in [3.63, 3.8) is 0 Å². The van der Waals surface area contributed by atoms with Gasteiger partial charge in [0.2, 0.25) is 5.82 Å². The molecule has 1 aromatic heterocycles. The number of benzene rings is 1. The first-order valence-corrected chi connectivity index (χ1v) is 5.52. The highest BCUT2D eigenvalue weighted by Crippen LogP contribution is 2.24. The van der Waals surface area contributed by atoms with E-state index in [0.29, 0.717) is 28.3 Å². The van der Waals surface area contributed by atoms with E-state index in [0.717, 1.165) is 5.56 Å². The third-order valence-electron chi connectivity index (χ3n) is 2.71. The average molecular weight is 262 g/mol. The summed E-state index contributed by atoms with van der Waals surface area (Å²) in [7, 11) is 2.81. The molecule has 2 aromatic rings. The van der Waals surface area contributed by atoms with Gasteiger partial charge in [0.1, 0.15) is 0 Å². The van der Waals surface area contributed by atoms with Crippen LogP contribution in [0.3, 0.4) is 0 Å². The van der Waals surface area contributed by atoms with Gasteiger partial charge in [-0.1, -0.05) is 0 Å². The zero-order chi connectivity index (χ0) is 14.0. The lowest BCUT2D eigenvalue weighted by Gasteiger charge is -2.09. The number of ether oxygens (including phenoxy) is 2. The average Bonchev–Trinajstić information content (AvgIpc) is 2.44. The third kappa shape index (κ3) is 2.27. The number of rotatable bonds is 3. The molecule has 19 heavy (non-hydrogen) atoms. The molecule has 0 aliphatic carbocycles. The minimum Gasteiger partial charge on any atom is -0.478 e. The van der Waals surface area contributed by atoms with Crippen LogP contribution in [0.15, 0.2) is 12.1 Å². The number of methoxy groups -OCH3 is 2. The molecule has 1 aromatic carbocycles. The second kappa shape index (κ2) is 5.07. The van der Waals surface area contributed by atoms with Crippen molar-refractivity contribution in [3.05, 3.63) is 23.3 Å². The predicted molar refractivity (Wildman–Crippen MR) is 70.0 cm³/mol. The first-order valence-electron chi connectivity index (χ1n) is 5.52. The SMILES string of the molecule is COC(=O)c1cc2nc(NN)c(OC)nc2cc1C. The minimum absolute atomic E-state index is 0.292. The van der Waals surface area contributed by atoms with Crippen molar-refractivity contribution in [2.24, 2.45) is 5.84 Å². The molecule has 0 bridgehead atoms. The monoisotopic (exact) mass is 262 g/mol. The van der Waals surface area contributed by atoms with Crippen molar-refractivity contribution in [3.8, 4) is 5.88 Å². The van der Waals surface area contributed by atoms with Crippen LogP contribution in [0.5, 0.6) is 5.88 Å². The van der Waals surface area contributed by atoms with Gasteiger partial charge in [-0.25, -0.2) is 20.6 Å². The molecular formula is C12H14N4O3. The van der Waals surface area contributed by atoms with Crippen LogP contribution in [0.2, 0.25) is 0 Å². The summed E-state index contributed by atoms with van der Waals surface area (Å²) in [6, 6.07) is 3.36. The van der Waals surface area contributed by atoms with Gasteiger partial charge in [-0.05, 0) is 24.6 Å². The van der Waals surface area contributed by atoms with Gasteiger partial charge < -0.3 is 14.9 Å². The largest absolute Gasteiger partial charge is 0.478 e. The number of carbonyl (C=O) groups excluding carboxylic acids is 1. The van der Waals surface area contributed by atoms with Crippen molar-refractivity contribution in [1.29, 1.82) is 0 Å². The first kappa shape index (κ1) is 13.0. The van der Waals surface area contributed by atoms with Gasteiger partial charge in [0, 0.05) is 0 Å². The Hall–Kier alpha value is -2.41. The van der Waals surface area contributed by atoms with E-state index in [2.05, 4.69) is 15.4 Å². The number of nitrogens with zero attached hydrogens (tertiary/aromatic N) is 2. The van der Waals surface area contributed by atoms with Crippen molar-refractivity contribution in [2.45, 2.75) is 6.92 Å². The highest BCUT2D eigenvalue weighted by atomic mass is 16.5. The van der Waals surface area contributed by atoms with Crippen LogP contribution < -0.4 is 16.0 Å². The molecule has 0 fully saturated rings. The molecule has 0 unspecified atom stereocenters. The number of aromatic nitrogens is 2. The normalized spacial score (nSPS) is 10.3. The van der Waals surface area contributed by atoms with E-state index in [1.807, 2.05) is 0 Å². The number of nitrogen functional groups attached to an aromatic ring is 1. The lowest BCUT2D eigenvalue weighted by atomic mass is 10.1. The van der Waals surface area contributed by atoms with Gasteiger partial charge in [-0.3, -0.25) is 0 Å². The van der Waals surface area contributed by atoms with Gasteiger partial charge in [-0.15, -0.1) is 0 Å². The van der Waals surface area contributed by atoms with E-state index in [1.54, 1.807) is 19.1 Å². The van der Waals surface area contributed by atoms with Crippen LogP contribution in [0.1, 0.15) is 15.9 Å². The van der Waals surface area contributed by atoms with Crippen molar-refractivity contribution >= 4 is 22.8 Å². The van der Waals surface area contributed by atoms with Crippen LogP contribution in [0, 0.1) is 6.92 Å². The maximum atomic E-state index is 11.6. The van der Waals surface area contributed by atoms with Crippen molar-refractivity contribution in [1.82, 2.24) is 9.97 Å². The molecule has 0 amide bonds. The second-order valence-corrected chi connectivity index (χ2v) is 3.87. The highest BCUT2D eigenvalue weighted by Gasteiger charge is 2.14. The van der Waals surface area contributed by atoms with Crippen molar-refractivity contribution < 1.29 is 14.3 Å². The number of nitrogens with one attached hydrogen (secondary N) is 1. The van der Waals surface area contributed by atoms with E-state index >= 15 is 0 Å². The summed E-state index contributed by atoms with van der Waals surface area (Å²) in [5.74, 6) is 5.52. The van der Waals surface area contributed by atoms with E-state index in [9.17, 15) is 4.79 Å². The highest BCUT2D eigenvalue weighted by molar-refractivity contribution is 5.95. The Morgan fingerprint density at radius 2 is 1.95 bits per heavy atom. The third-order valence-corrected chi connectivity index (χ3v) is 2.71. The molecule has 7 heteroatoms. The summed E-state index contributed by atoms with van der Waals surface area (Å²) >= 11 is 0. The summed E-state index contributed by atoms with van der Waals surface area (Å²) in [4.78, 5) is 20.1. The Morgan fingerprint density at radius 3 is 2.53 bits per heavy atom. The molecule has 0 saturated carbocycles. The molecule has 7 nitrogen and oxygen atoms in total. The standard InChI is InChI=1S/C12H14N4O3/c1-6-4-8-9(5-7(6)12(17)19-3)14-10(16-13)11(15-8)18-2/h4-5H,13H2,1-3H3,(H,14,16). The number of hydrazine groups is 1. The Kier molecular flexibility index (Phi) is 3.48. The summed E-state index contributed by atoms with van der Waals surface area (Å²) in [5.41, 5.74) is 4.74. The number of hydrogen-bond acceptors (Lipinski definition) is 7. The van der Waals surface area contributed by atoms with E-state index in [1.165, 1.54) is 14.2 Å². The molecule has 0 saturated heterocycles. The second-order valence-electron chi connectivity index (χ2n) is 3.87. The van der Waals surface area contributed by atoms with E-state index < -0.39 is 5.97 Å². The fourth-order valence-corrected chi connectivity index (χ4v) is 1.76. The van der Waals surface area contributed by atoms with Gasteiger partial charge in [0.05, 0.1) is 30.8 Å². The fraction of sp³-hybridized carbons (Fsp3) is 0.250. The Labute approximate surface area is 109 Å². The maximum Gasteiger partial charge on any atom is 0.338 e. The molecule has 0 aliphatic heterocycles. The van der Waals surface area contributed by atoms with Gasteiger partial charge in [-0.2, -0.15) is 0 Å². The smallest absolute Gasteiger partial charge is 0.338 e. The van der Waals surface area contributed by atoms with Crippen molar-refractivity contribution in [2.75, 3.05) is 19.6 Å². The zero-order valence-electron chi connectivity index (χ0n) is 10.9. The van der Waals surface area contributed by atoms with Crippen LogP contribution in [0.4, 0.5) is 5.82 Å². The molecule has 0 radical (unpaired) electrons. The van der Waals surface area contributed by atoms with Crippen LogP contribution in [-0.2, 0) is 4.74 Å². The van der Waals surface area contributed by atoms with Gasteiger partial charge in [0.25, 0.3) is 5.88 Å². The molecule has 2 rings (SSSR count). The topological polar surface area (TPSA) is 99.4 Å². The summed E-state index contributed by atoms with van der Waals surface area (Å²) in [5, 5.41) is 0. The number of esters is 1. The number of nitrogens with two attached hydrogens (primary N) is 1. The van der Waals surface area contributed by atoms with E-state index in [4.69, 9.17) is 15.3 Å². The summed E-state index contributed by atoms with van der Waals surface area (Å²) in [6.07, 6.45) is 0. The first-order chi connectivity index (χ1) is 9.10. The predicted octanol–water partition coefficient (Wildman–Crippen LogP) is 1.02. The molecule has 100 valence electrons. The lowest BCUT2D eigenvalue weighted by Crippen LogP contribution is -2.11. The molecule has 3 N–H and O–H groups in total. The molecular weight excluding hydrogens is 248 g/mol. The van der Waals surface area contributed by atoms with Gasteiger partial charge >= 0.3 is 5.97 Å². The zero-order valence-corrected chi connectivity index (χ0v) is 10.9. The van der Waals surface area contributed by atoms with Crippen LogP contribution in [0.25, 0.3) is 11.0 Å².